The molecule has 0 aromatic heterocycles. The van der Waals surface area contributed by atoms with Gasteiger partial charge >= 0.3 is 6.03 Å². The minimum atomic E-state index is -2.57. The molecule has 0 aliphatic heterocycles. The summed E-state index contributed by atoms with van der Waals surface area (Å²) in [5.74, 6) is 0. The van der Waals surface area contributed by atoms with Crippen molar-refractivity contribution in [1.29, 1.82) is 0 Å². The Morgan fingerprint density at radius 3 is 2.57 bits per heavy atom. The van der Waals surface area contributed by atoms with E-state index in [4.69, 9.17) is 0 Å². The number of nitrogens with one attached hydrogen (secondary N) is 2. The fourth-order valence-corrected chi connectivity index (χ4v) is 1.11. The standard InChI is InChI=1S/C8H10N2O3S/c11-8(10-14(12)13)9-6-7-4-2-1-3-5-7/h1-5H,6H2,(H,12,13)(H2,9,10,11)/p-1. The second-order valence-corrected chi connectivity index (χ2v) is 3.18. The van der Waals surface area contributed by atoms with Gasteiger partial charge in [-0.1, -0.05) is 30.3 Å². The number of carbonyl (C=O) groups is 1. The fraction of sp³-hybridized carbons (Fsp3) is 0.125. The molecule has 1 rings (SSSR count). The first-order valence-corrected chi connectivity index (χ1v) is 4.93. The summed E-state index contributed by atoms with van der Waals surface area (Å²) in [6.45, 7) is 0.296. The molecule has 2 N–H and O–H groups in total. The summed E-state index contributed by atoms with van der Waals surface area (Å²) in [6.07, 6.45) is 0. The molecule has 5 nitrogen and oxygen atoms in total. The fourth-order valence-electron chi connectivity index (χ4n) is 0.890. The van der Waals surface area contributed by atoms with Crippen molar-refractivity contribution in [2.24, 2.45) is 0 Å². The highest BCUT2D eigenvalue weighted by Gasteiger charge is 1.98. The molecule has 0 saturated heterocycles. The largest absolute Gasteiger partial charge is 0.755 e. The van der Waals surface area contributed by atoms with Gasteiger partial charge in [0.2, 0.25) is 0 Å². The summed E-state index contributed by atoms with van der Waals surface area (Å²) < 4.78 is 21.8. The lowest BCUT2D eigenvalue weighted by Crippen LogP contribution is -2.35. The highest BCUT2D eigenvalue weighted by atomic mass is 32.2. The molecule has 0 radical (unpaired) electrons. The molecule has 2 amide bonds. The molecule has 0 aliphatic carbocycles. The Bertz CT molecular complexity index is 329. The summed E-state index contributed by atoms with van der Waals surface area (Å²) in [6, 6.07) is 8.45. The Balaban J connectivity index is 2.34. The highest BCUT2D eigenvalue weighted by Crippen LogP contribution is 1.96. The highest BCUT2D eigenvalue weighted by molar-refractivity contribution is 7.77. The third-order valence-corrected chi connectivity index (χ3v) is 1.82. The maximum atomic E-state index is 10.8. The molecule has 1 unspecified atom stereocenters. The van der Waals surface area contributed by atoms with Crippen LogP contribution in [0.4, 0.5) is 4.79 Å². The van der Waals surface area contributed by atoms with Crippen LogP contribution in [0.1, 0.15) is 5.56 Å². The van der Waals surface area contributed by atoms with Crippen LogP contribution in [0.15, 0.2) is 30.3 Å². The van der Waals surface area contributed by atoms with Crippen LogP contribution in [0.25, 0.3) is 0 Å². The van der Waals surface area contributed by atoms with Crippen LogP contribution in [0.3, 0.4) is 0 Å². The summed E-state index contributed by atoms with van der Waals surface area (Å²) >= 11 is -2.57. The van der Waals surface area contributed by atoms with Crippen LogP contribution in [0.2, 0.25) is 0 Å². The minimum absolute atomic E-state index is 0.296. The van der Waals surface area contributed by atoms with Gasteiger partial charge in [0.15, 0.2) is 0 Å². The van der Waals surface area contributed by atoms with Gasteiger partial charge in [0.05, 0.1) is 0 Å². The predicted octanol–water partition coefficient (Wildman–Crippen LogP) is 0.280. The van der Waals surface area contributed by atoms with Crippen LogP contribution < -0.4 is 10.0 Å². The van der Waals surface area contributed by atoms with Gasteiger partial charge in [-0.2, -0.15) is 0 Å². The molecule has 1 atom stereocenters. The molecule has 0 spiro atoms. The Labute approximate surface area is 83.9 Å². The van der Waals surface area contributed by atoms with Gasteiger partial charge in [-0.15, -0.1) is 0 Å². The Hall–Kier alpha value is -1.40. The van der Waals surface area contributed by atoms with E-state index in [2.05, 4.69) is 5.32 Å². The van der Waals surface area contributed by atoms with Gasteiger partial charge in [0.25, 0.3) is 0 Å². The molecule has 0 heterocycles. The summed E-state index contributed by atoms with van der Waals surface area (Å²) in [7, 11) is 0. The van der Waals surface area contributed by atoms with Crippen LogP contribution in [0.5, 0.6) is 0 Å². The number of amides is 2. The average Bonchev–Trinajstić information content (AvgIpc) is 2.15. The second kappa shape index (κ2) is 5.36. The van der Waals surface area contributed by atoms with E-state index in [1.165, 1.54) is 0 Å². The molecule has 0 aliphatic rings. The van der Waals surface area contributed by atoms with Gasteiger partial charge in [0, 0.05) is 17.8 Å². The van der Waals surface area contributed by atoms with E-state index in [0.717, 1.165) is 5.56 Å². The average molecular weight is 213 g/mol. The first-order chi connectivity index (χ1) is 6.68. The lowest BCUT2D eigenvalue weighted by atomic mass is 10.2. The van der Waals surface area contributed by atoms with Gasteiger partial charge in [-0.25, -0.2) is 4.79 Å². The van der Waals surface area contributed by atoms with Gasteiger partial charge < -0.3 is 9.87 Å². The quantitative estimate of drug-likeness (QED) is 0.707. The number of carbonyl (C=O) groups excluding carboxylic acids is 1. The Morgan fingerprint density at radius 2 is 2.00 bits per heavy atom. The summed E-state index contributed by atoms with van der Waals surface area (Å²) in [5.41, 5.74) is 0.902. The van der Waals surface area contributed by atoms with Crippen molar-refractivity contribution in [3.63, 3.8) is 0 Å². The molecule has 1 aromatic rings. The first kappa shape index (κ1) is 10.7. The van der Waals surface area contributed by atoms with E-state index in [1.54, 1.807) is 4.72 Å². The first-order valence-electron chi connectivity index (χ1n) is 3.86. The van der Waals surface area contributed by atoms with E-state index >= 15 is 0 Å². The molecular formula is C8H9N2O3S-. The van der Waals surface area contributed by atoms with E-state index in [9.17, 15) is 13.6 Å². The topological polar surface area (TPSA) is 81.3 Å². The third kappa shape index (κ3) is 4.01. The van der Waals surface area contributed by atoms with Crippen LogP contribution in [-0.2, 0) is 17.8 Å². The number of benzene rings is 1. The summed E-state index contributed by atoms with van der Waals surface area (Å²) in [4.78, 5) is 10.8. The van der Waals surface area contributed by atoms with Crippen molar-refractivity contribution < 1.29 is 13.6 Å². The molecule has 1 aromatic carbocycles. The molecule has 0 fully saturated rings. The van der Waals surface area contributed by atoms with Gasteiger partial charge in [-0.05, 0) is 5.56 Å². The monoisotopic (exact) mass is 213 g/mol. The number of rotatable bonds is 3. The van der Waals surface area contributed by atoms with Crippen LogP contribution in [-0.4, -0.2) is 14.8 Å². The van der Waals surface area contributed by atoms with Crippen molar-refractivity contribution in [1.82, 2.24) is 10.0 Å². The third-order valence-electron chi connectivity index (χ3n) is 1.47. The van der Waals surface area contributed by atoms with Crippen molar-refractivity contribution in [2.75, 3.05) is 0 Å². The van der Waals surface area contributed by atoms with Crippen molar-refractivity contribution in [3.05, 3.63) is 35.9 Å². The van der Waals surface area contributed by atoms with Crippen LogP contribution in [0, 0.1) is 0 Å². The van der Waals surface area contributed by atoms with E-state index in [-0.39, 0.29) is 0 Å². The minimum Gasteiger partial charge on any atom is -0.755 e. The maximum Gasteiger partial charge on any atom is 0.326 e. The van der Waals surface area contributed by atoms with E-state index < -0.39 is 17.3 Å². The van der Waals surface area contributed by atoms with Crippen LogP contribution >= 0.6 is 0 Å². The lowest BCUT2D eigenvalue weighted by molar-refractivity contribution is 0.245. The molecule has 0 bridgehead atoms. The second-order valence-electron chi connectivity index (χ2n) is 2.51. The smallest absolute Gasteiger partial charge is 0.326 e. The normalized spacial score (nSPS) is 11.8. The molecule has 14 heavy (non-hydrogen) atoms. The Kier molecular flexibility index (Phi) is 4.09. The van der Waals surface area contributed by atoms with E-state index in [0.29, 0.717) is 6.54 Å². The lowest BCUT2D eigenvalue weighted by Gasteiger charge is -2.08. The van der Waals surface area contributed by atoms with Gasteiger partial charge in [-0.3, -0.25) is 8.93 Å². The zero-order chi connectivity index (χ0) is 10.4. The number of hydrogen-bond acceptors (Lipinski definition) is 3. The zero-order valence-electron chi connectivity index (χ0n) is 7.23. The molecular weight excluding hydrogens is 204 g/mol. The Morgan fingerprint density at radius 1 is 1.36 bits per heavy atom. The molecule has 76 valence electrons. The number of hydrogen-bond donors (Lipinski definition) is 2. The van der Waals surface area contributed by atoms with Crippen molar-refractivity contribution in [3.8, 4) is 0 Å². The zero-order valence-corrected chi connectivity index (χ0v) is 8.04. The number of urea groups is 1. The van der Waals surface area contributed by atoms with Gasteiger partial charge in [0.1, 0.15) is 0 Å². The molecule has 0 saturated carbocycles. The SMILES string of the molecule is O=C(NCc1ccccc1)NS(=O)[O-]. The van der Waals surface area contributed by atoms with E-state index in [1.807, 2.05) is 30.3 Å². The predicted molar refractivity (Wildman–Crippen MR) is 50.7 cm³/mol. The summed E-state index contributed by atoms with van der Waals surface area (Å²) in [5, 5.41) is 2.39. The van der Waals surface area contributed by atoms with Crippen molar-refractivity contribution >= 4 is 17.3 Å². The maximum absolute atomic E-state index is 10.8. The molecule has 6 heteroatoms. The van der Waals surface area contributed by atoms with Crippen molar-refractivity contribution in [2.45, 2.75) is 6.54 Å².